The SMILES string of the molecule is CC(NC(=O)NCc1ccc(N2CCNC2=O)cc1)c1ccn(C)n1. The summed E-state index contributed by atoms with van der Waals surface area (Å²) in [6.07, 6.45) is 1.84. The van der Waals surface area contributed by atoms with Crippen LogP contribution in [-0.2, 0) is 13.6 Å². The second kappa shape index (κ2) is 7.25. The van der Waals surface area contributed by atoms with E-state index in [1.807, 2.05) is 50.5 Å². The van der Waals surface area contributed by atoms with Crippen LogP contribution in [0.4, 0.5) is 15.3 Å². The molecule has 2 heterocycles. The maximum Gasteiger partial charge on any atom is 0.321 e. The Balaban J connectivity index is 1.49. The number of nitrogens with zero attached hydrogens (tertiary/aromatic N) is 3. The van der Waals surface area contributed by atoms with Crippen molar-refractivity contribution in [2.45, 2.75) is 19.5 Å². The first kappa shape index (κ1) is 16.8. The lowest BCUT2D eigenvalue weighted by Gasteiger charge is -2.15. The molecule has 0 spiro atoms. The highest BCUT2D eigenvalue weighted by Crippen LogP contribution is 2.17. The molecule has 1 saturated heterocycles. The lowest BCUT2D eigenvalue weighted by molar-refractivity contribution is 0.237. The van der Waals surface area contributed by atoms with Crippen LogP contribution in [0.1, 0.15) is 24.2 Å². The fourth-order valence-corrected chi connectivity index (χ4v) is 2.68. The predicted octanol–water partition coefficient (Wildman–Crippen LogP) is 1.51. The van der Waals surface area contributed by atoms with Crippen LogP contribution in [0.25, 0.3) is 0 Å². The van der Waals surface area contributed by atoms with E-state index in [9.17, 15) is 9.59 Å². The molecule has 0 bridgehead atoms. The zero-order valence-electron chi connectivity index (χ0n) is 14.3. The molecule has 3 N–H and O–H groups in total. The third-order valence-corrected chi connectivity index (χ3v) is 4.08. The normalized spacial score (nSPS) is 15.0. The highest BCUT2D eigenvalue weighted by atomic mass is 16.2. The molecule has 25 heavy (non-hydrogen) atoms. The van der Waals surface area contributed by atoms with Gasteiger partial charge in [-0.25, -0.2) is 9.59 Å². The molecule has 2 aromatic rings. The lowest BCUT2D eigenvalue weighted by Crippen LogP contribution is -2.36. The number of aromatic nitrogens is 2. The molecule has 0 aliphatic carbocycles. The van der Waals surface area contributed by atoms with Crippen LogP contribution in [0.3, 0.4) is 0 Å². The average molecular weight is 342 g/mol. The van der Waals surface area contributed by atoms with Crippen molar-refractivity contribution < 1.29 is 9.59 Å². The van der Waals surface area contributed by atoms with Gasteiger partial charge in [0.15, 0.2) is 0 Å². The van der Waals surface area contributed by atoms with E-state index in [2.05, 4.69) is 21.0 Å². The third-order valence-electron chi connectivity index (χ3n) is 4.08. The van der Waals surface area contributed by atoms with Gasteiger partial charge >= 0.3 is 12.1 Å². The molecule has 1 aromatic heterocycles. The molecule has 3 rings (SSSR count). The first-order valence-corrected chi connectivity index (χ1v) is 8.21. The van der Waals surface area contributed by atoms with Gasteiger partial charge in [0.1, 0.15) is 0 Å². The van der Waals surface area contributed by atoms with Gasteiger partial charge in [-0.3, -0.25) is 9.58 Å². The van der Waals surface area contributed by atoms with E-state index in [-0.39, 0.29) is 18.1 Å². The Hall–Kier alpha value is -3.03. The Morgan fingerprint density at radius 1 is 1.32 bits per heavy atom. The topological polar surface area (TPSA) is 91.3 Å². The summed E-state index contributed by atoms with van der Waals surface area (Å²) in [6.45, 7) is 3.63. The minimum atomic E-state index is -0.249. The highest BCUT2D eigenvalue weighted by molar-refractivity contribution is 5.93. The molecule has 8 heteroatoms. The van der Waals surface area contributed by atoms with Crippen molar-refractivity contribution in [3.05, 3.63) is 47.8 Å². The number of anilines is 1. The molecular formula is C17H22N6O2. The Morgan fingerprint density at radius 2 is 2.08 bits per heavy atom. The number of amides is 4. The molecule has 1 aliphatic heterocycles. The molecule has 4 amide bonds. The van der Waals surface area contributed by atoms with Crippen molar-refractivity contribution >= 4 is 17.7 Å². The number of carbonyl (C=O) groups excluding carboxylic acids is 2. The molecule has 1 atom stereocenters. The number of hydrogen-bond acceptors (Lipinski definition) is 3. The summed E-state index contributed by atoms with van der Waals surface area (Å²) in [4.78, 5) is 25.3. The third kappa shape index (κ3) is 4.09. The van der Waals surface area contributed by atoms with Gasteiger partial charge in [-0.1, -0.05) is 12.1 Å². The smallest absolute Gasteiger partial charge is 0.321 e. The van der Waals surface area contributed by atoms with Gasteiger partial charge in [0.25, 0.3) is 0 Å². The summed E-state index contributed by atoms with van der Waals surface area (Å²) >= 11 is 0. The van der Waals surface area contributed by atoms with Crippen molar-refractivity contribution in [2.24, 2.45) is 7.05 Å². The highest BCUT2D eigenvalue weighted by Gasteiger charge is 2.20. The zero-order chi connectivity index (χ0) is 17.8. The zero-order valence-corrected chi connectivity index (χ0v) is 14.3. The van der Waals surface area contributed by atoms with Crippen LogP contribution >= 0.6 is 0 Å². The van der Waals surface area contributed by atoms with Crippen LogP contribution < -0.4 is 20.9 Å². The first-order chi connectivity index (χ1) is 12.0. The van der Waals surface area contributed by atoms with E-state index in [1.54, 1.807) is 9.58 Å². The Kier molecular flexibility index (Phi) is 4.87. The number of benzene rings is 1. The van der Waals surface area contributed by atoms with Crippen molar-refractivity contribution in [3.8, 4) is 0 Å². The molecule has 0 saturated carbocycles. The lowest BCUT2D eigenvalue weighted by atomic mass is 10.2. The van der Waals surface area contributed by atoms with E-state index in [4.69, 9.17) is 0 Å². The summed E-state index contributed by atoms with van der Waals surface area (Å²) in [6, 6.07) is 8.96. The summed E-state index contributed by atoms with van der Waals surface area (Å²) in [7, 11) is 1.84. The number of rotatable bonds is 5. The average Bonchev–Trinajstić information content (AvgIpc) is 3.22. The summed E-state index contributed by atoms with van der Waals surface area (Å²) < 4.78 is 1.70. The minimum Gasteiger partial charge on any atom is -0.336 e. The standard InChI is InChI=1S/C17H22N6O2/c1-12(15-7-9-22(2)21-15)20-16(24)19-11-13-3-5-14(6-4-13)23-10-8-18-17(23)25/h3-7,9,12H,8,10-11H2,1-2H3,(H,18,25)(H2,19,20,24). The summed E-state index contributed by atoms with van der Waals surface area (Å²) in [5, 5.41) is 12.7. The molecular weight excluding hydrogens is 320 g/mol. The maximum atomic E-state index is 12.0. The monoisotopic (exact) mass is 342 g/mol. The van der Waals surface area contributed by atoms with Crippen molar-refractivity contribution in [1.82, 2.24) is 25.7 Å². The van der Waals surface area contributed by atoms with E-state index in [0.29, 0.717) is 19.6 Å². The van der Waals surface area contributed by atoms with Crippen LogP contribution in [0.2, 0.25) is 0 Å². The second-order valence-corrected chi connectivity index (χ2v) is 6.01. The van der Waals surface area contributed by atoms with E-state index in [0.717, 1.165) is 16.9 Å². The van der Waals surface area contributed by atoms with Gasteiger partial charge in [0.2, 0.25) is 0 Å². The minimum absolute atomic E-state index is 0.0752. The summed E-state index contributed by atoms with van der Waals surface area (Å²) in [5.74, 6) is 0. The van der Waals surface area contributed by atoms with Gasteiger partial charge in [-0.2, -0.15) is 5.10 Å². The number of carbonyl (C=O) groups is 2. The van der Waals surface area contributed by atoms with Crippen LogP contribution in [0, 0.1) is 0 Å². The predicted molar refractivity (Wildman–Crippen MR) is 94.2 cm³/mol. The number of aryl methyl sites for hydroxylation is 1. The van der Waals surface area contributed by atoms with E-state index >= 15 is 0 Å². The molecule has 1 aliphatic rings. The number of urea groups is 2. The van der Waals surface area contributed by atoms with Crippen LogP contribution in [0.5, 0.6) is 0 Å². The largest absolute Gasteiger partial charge is 0.336 e. The second-order valence-electron chi connectivity index (χ2n) is 6.01. The summed E-state index contributed by atoms with van der Waals surface area (Å²) in [5.41, 5.74) is 2.63. The van der Waals surface area contributed by atoms with E-state index in [1.165, 1.54) is 0 Å². The Bertz CT molecular complexity index is 755. The van der Waals surface area contributed by atoms with E-state index < -0.39 is 0 Å². The Labute approximate surface area is 146 Å². The van der Waals surface area contributed by atoms with Crippen molar-refractivity contribution in [1.29, 1.82) is 0 Å². The fourth-order valence-electron chi connectivity index (χ4n) is 2.68. The van der Waals surface area contributed by atoms with Crippen molar-refractivity contribution in [3.63, 3.8) is 0 Å². The molecule has 1 unspecified atom stereocenters. The van der Waals surface area contributed by atoms with Gasteiger partial charge < -0.3 is 16.0 Å². The first-order valence-electron chi connectivity index (χ1n) is 8.21. The van der Waals surface area contributed by atoms with Gasteiger partial charge in [0, 0.05) is 38.6 Å². The quantitative estimate of drug-likeness (QED) is 0.769. The van der Waals surface area contributed by atoms with Crippen molar-refractivity contribution in [2.75, 3.05) is 18.0 Å². The van der Waals surface area contributed by atoms with Gasteiger partial charge in [0.05, 0.1) is 11.7 Å². The number of hydrogen-bond donors (Lipinski definition) is 3. The fraction of sp³-hybridized carbons (Fsp3) is 0.353. The maximum absolute atomic E-state index is 12.0. The van der Waals surface area contributed by atoms with Gasteiger partial charge in [-0.15, -0.1) is 0 Å². The number of nitrogens with one attached hydrogen (secondary N) is 3. The molecule has 1 aromatic carbocycles. The van der Waals surface area contributed by atoms with Crippen LogP contribution in [-0.4, -0.2) is 34.9 Å². The Morgan fingerprint density at radius 3 is 2.68 bits per heavy atom. The molecule has 132 valence electrons. The van der Waals surface area contributed by atoms with Gasteiger partial charge in [-0.05, 0) is 30.7 Å². The molecule has 0 radical (unpaired) electrons. The van der Waals surface area contributed by atoms with Crippen LogP contribution in [0.15, 0.2) is 36.5 Å². The molecule has 8 nitrogen and oxygen atoms in total. The molecule has 1 fully saturated rings.